The molecule has 0 aliphatic heterocycles. The van der Waals surface area contributed by atoms with Crippen molar-refractivity contribution in [2.75, 3.05) is 26.7 Å². The summed E-state index contributed by atoms with van der Waals surface area (Å²) in [4.78, 5) is 15.6. The number of hydrogen-bond donors (Lipinski definition) is 2. The topological polar surface area (TPSA) is 72.0 Å². The second-order valence-corrected chi connectivity index (χ2v) is 5.08. The molecule has 142 valence electrons. The molecule has 1 aromatic rings. The first-order chi connectivity index (χ1) is 11.6. The molecule has 0 heterocycles. The van der Waals surface area contributed by atoms with Crippen LogP contribution >= 0.6 is 24.0 Å². The monoisotopic (exact) mass is 467 g/mol. The summed E-state index contributed by atoms with van der Waals surface area (Å²) in [6.45, 7) is 5.49. The van der Waals surface area contributed by atoms with Crippen molar-refractivity contribution in [2.24, 2.45) is 4.99 Å². The molecule has 1 atom stereocenters. The summed E-state index contributed by atoms with van der Waals surface area (Å²) in [5.41, 5.74) is 0. The minimum Gasteiger partial charge on any atom is -0.488 e. The highest BCUT2D eigenvalue weighted by Gasteiger charge is 2.09. The molecule has 6 nitrogen and oxygen atoms in total. The van der Waals surface area contributed by atoms with E-state index in [1.807, 2.05) is 13.8 Å². The average Bonchev–Trinajstić information content (AvgIpc) is 2.58. The fourth-order valence-corrected chi connectivity index (χ4v) is 1.90. The van der Waals surface area contributed by atoms with Crippen molar-refractivity contribution >= 4 is 35.9 Å². The Kier molecular flexibility index (Phi) is 12.8. The number of guanidine groups is 1. The van der Waals surface area contributed by atoms with Crippen LogP contribution in [0.3, 0.4) is 0 Å². The first kappa shape index (κ1) is 23.4. The highest BCUT2D eigenvalue weighted by atomic mass is 127. The van der Waals surface area contributed by atoms with Gasteiger partial charge in [0.2, 0.25) is 0 Å². The number of hydrogen-bond acceptors (Lipinski definition) is 4. The summed E-state index contributed by atoms with van der Waals surface area (Å²) in [6, 6.07) is 6.06. The second kappa shape index (κ2) is 13.7. The molecule has 0 aliphatic carbocycles. The smallest absolute Gasteiger partial charge is 0.307 e. The predicted octanol–water partition coefficient (Wildman–Crippen LogP) is 2.72. The Morgan fingerprint density at radius 3 is 2.68 bits per heavy atom. The van der Waals surface area contributed by atoms with E-state index in [0.29, 0.717) is 31.3 Å². The van der Waals surface area contributed by atoms with Gasteiger partial charge in [0.25, 0.3) is 0 Å². The van der Waals surface area contributed by atoms with Gasteiger partial charge in [-0.25, -0.2) is 9.38 Å². The van der Waals surface area contributed by atoms with E-state index in [9.17, 15) is 9.18 Å². The molecule has 0 amide bonds. The molecule has 0 saturated carbocycles. The van der Waals surface area contributed by atoms with Crippen molar-refractivity contribution in [1.29, 1.82) is 0 Å². The molecular formula is C17H27FIN3O3. The van der Waals surface area contributed by atoms with Crippen molar-refractivity contribution in [3.63, 3.8) is 0 Å². The van der Waals surface area contributed by atoms with Crippen molar-refractivity contribution in [3.05, 3.63) is 30.1 Å². The molecule has 25 heavy (non-hydrogen) atoms. The van der Waals surface area contributed by atoms with Crippen LogP contribution in [0, 0.1) is 5.82 Å². The lowest BCUT2D eigenvalue weighted by Crippen LogP contribution is -2.39. The number of carbonyl (C=O) groups excluding carboxylic acids is 1. The molecule has 8 heteroatoms. The first-order valence-corrected chi connectivity index (χ1v) is 8.10. The molecule has 2 N–H and O–H groups in total. The second-order valence-electron chi connectivity index (χ2n) is 5.08. The lowest BCUT2D eigenvalue weighted by molar-refractivity contribution is -0.140. The van der Waals surface area contributed by atoms with Gasteiger partial charge in [-0.3, -0.25) is 4.79 Å². The zero-order valence-electron chi connectivity index (χ0n) is 14.9. The Morgan fingerprint density at radius 1 is 1.32 bits per heavy atom. The van der Waals surface area contributed by atoms with Crippen LogP contribution in [-0.2, 0) is 9.53 Å². The van der Waals surface area contributed by atoms with E-state index >= 15 is 0 Å². The van der Waals surface area contributed by atoms with Crippen molar-refractivity contribution < 1.29 is 18.7 Å². The van der Waals surface area contributed by atoms with E-state index in [1.165, 1.54) is 19.2 Å². The molecule has 0 spiro atoms. The van der Waals surface area contributed by atoms with Gasteiger partial charge >= 0.3 is 5.97 Å². The lowest BCUT2D eigenvalue weighted by atomic mass is 10.2. The van der Waals surface area contributed by atoms with E-state index < -0.39 is 0 Å². The molecule has 0 aliphatic rings. The number of rotatable bonds is 9. The number of halogens is 2. The van der Waals surface area contributed by atoms with Gasteiger partial charge < -0.3 is 20.1 Å². The van der Waals surface area contributed by atoms with Crippen LogP contribution in [-0.4, -0.2) is 44.8 Å². The van der Waals surface area contributed by atoms with Gasteiger partial charge in [0, 0.05) is 19.2 Å². The zero-order chi connectivity index (χ0) is 17.8. The summed E-state index contributed by atoms with van der Waals surface area (Å²) in [6.07, 6.45) is 0.835. The van der Waals surface area contributed by atoms with E-state index in [0.717, 1.165) is 6.42 Å². The van der Waals surface area contributed by atoms with Gasteiger partial charge in [0.15, 0.2) is 5.96 Å². The molecular weight excluding hydrogens is 440 g/mol. The maximum absolute atomic E-state index is 13.2. The molecule has 0 bridgehead atoms. The van der Waals surface area contributed by atoms with Crippen molar-refractivity contribution in [1.82, 2.24) is 10.6 Å². The molecule has 0 aromatic heterocycles. The number of carbonyl (C=O) groups is 1. The third-order valence-corrected chi connectivity index (χ3v) is 3.20. The number of aliphatic imine (C=N–C) groups is 1. The Balaban J connectivity index is 0.00000576. The van der Waals surface area contributed by atoms with E-state index in [-0.39, 0.29) is 48.3 Å². The van der Waals surface area contributed by atoms with Crippen LogP contribution in [0.25, 0.3) is 0 Å². The van der Waals surface area contributed by atoms with Crippen LogP contribution in [0.4, 0.5) is 4.39 Å². The number of nitrogens with zero attached hydrogens (tertiary/aromatic N) is 1. The third kappa shape index (κ3) is 10.1. The normalized spacial score (nSPS) is 11.9. The highest BCUT2D eigenvalue weighted by molar-refractivity contribution is 14.0. The number of nitrogens with one attached hydrogen (secondary N) is 2. The van der Waals surface area contributed by atoms with Crippen molar-refractivity contribution in [3.8, 4) is 5.75 Å². The fraction of sp³-hybridized carbons (Fsp3) is 0.529. The molecule has 1 unspecified atom stereocenters. The fourth-order valence-electron chi connectivity index (χ4n) is 1.90. The van der Waals surface area contributed by atoms with Crippen LogP contribution in [0.5, 0.6) is 5.75 Å². The van der Waals surface area contributed by atoms with Gasteiger partial charge in [0.05, 0.1) is 20.1 Å². The molecule has 0 saturated heterocycles. The Hall–Kier alpha value is -1.58. The number of esters is 1. The van der Waals surface area contributed by atoms with E-state index in [4.69, 9.17) is 4.74 Å². The van der Waals surface area contributed by atoms with Gasteiger partial charge in [0.1, 0.15) is 17.7 Å². The summed E-state index contributed by atoms with van der Waals surface area (Å²) in [7, 11) is 1.36. The van der Waals surface area contributed by atoms with Crippen LogP contribution in [0.15, 0.2) is 29.3 Å². The summed E-state index contributed by atoms with van der Waals surface area (Å²) < 4.78 is 23.6. The summed E-state index contributed by atoms with van der Waals surface area (Å²) >= 11 is 0. The molecule has 0 radical (unpaired) electrons. The van der Waals surface area contributed by atoms with Gasteiger partial charge in [-0.05, 0) is 25.5 Å². The average molecular weight is 467 g/mol. The Morgan fingerprint density at radius 2 is 2.08 bits per heavy atom. The number of methoxy groups -OCH3 is 1. The van der Waals surface area contributed by atoms with Gasteiger partial charge in [-0.2, -0.15) is 0 Å². The molecule has 1 aromatic carbocycles. The highest BCUT2D eigenvalue weighted by Crippen LogP contribution is 2.15. The van der Waals surface area contributed by atoms with Crippen LogP contribution < -0.4 is 15.4 Å². The minimum absolute atomic E-state index is 0. The first-order valence-electron chi connectivity index (χ1n) is 8.10. The Bertz CT molecular complexity index is 544. The van der Waals surface area contributed by atoms with Crippen molar-refractivity contribution in [2.45, 2.75) is 32.8 Å². The summed E-state index contributed by atoms with van der Waals surface area (Å²) in [5, 5.41) is 6.16. The van der Waals surface area contributed by atoms with E-state index in [2.05, 4.69) is 20.4 Å². The SMILES string of the molecule is CCNC(=NCC(CC)Oc1cccc(F)c1)NCCC(=O)OC.I. The minimum atomic E-state index is -0.330. The zero-order valence-corrected chi connectivity index (χ0v) is 17.2. The third-order valence-electron chi connectivity index (χ3n) is 3.20. The maximum Gasteiger partial charge on any atom is 0.307 e. The molecule has 0 fully saturated rings. The number of ether oxygens (including phenoxy) is 2. The summed E-state index contributed by atoms with van der Waals surface area (Å²) in [5.74, 6) is 0.478. The molecule has 1 rings (SSSR count). The maximum atomic E-state index is 13.2. The Labute approximate surface area is 165 Å². The van der Waals surface area contributed by atoms with E-state index in [1.54, 1.807) is 12.1 Å². The van der Waals surface area contributed by atoms with Crippen LogP contribution in [0.1, 0.15) is 26.7 Å². The quantitative estimate of drug-likeness (QED) is 0.253. The number of benzene rings is 1. The van der Waals surface area contributed by atoms with Gasteiger partial charge in [-0.15, -0.1) is 24.0 Å². The largest absolute Gasteiger partial charge is 0.488 e. The van der Waals surface area contributed by atoms with Gasteiger partial charge in [-0.1, -0.05) is 13.0 Å². The van der Waals surface area contributed by atoms with Crippen LogP contribution in [0.2, 0.25) is 0 Å². The predicted molar refractivity (Wildman–Crippen MR) is 107 cm³/mol. The standard InChI is InChI=1S/C17H26FN3O3.HI/c1-4-14(24-15-8-6-7-13(18)11-15)12-21-17(19-5-2)20-10-9-16(22)23-3;/h6-8,11,14H,4-5,9-10,12H2,1-3H3,(H2,19,20,21);1H. The lowest BCUT2D eigenvalue weighted by Gasteiger charge is -2.17.